The van der Waals surface area contributed by atoms with Crippen LogP contribution in [-0.2, 0) is 4.74 Å². The maximum absolute atomic E-state index is 11.4. The highest BCUT2D eigenvalue weighted by molar-refractivity contribution is 6.33. The SMILES string of the molecule is CC(C)(C)OC(=O)NCCC#Cc1ccc(Cl)c(C(=O)O)c1. The van der Waals surface area contributed by atoms with E-state index in [1.165, 1.54) is 12.1 Å². The lowest BCUT2D eigenvalue weighted by atomic mass is 10.1. The fourth-order valence-electron chi connectivity index (χ4n) is 1.47. The molecule has 0 fully saturated rings. The number of alkyl carbamates (subject to hydrolysis) is 1. The van der Waals surface area contributed by atoms with Gasteiger partial charge in [-0.2, -0.15) is 0 Å². The second-order valence-electron chi connectivity index (χ2n) is 5.48. The molecule has 5 nitrogen and oxygen atoms in total. The Kier molecular flexibility index (Phi) is 6.26. The third-order valence-electron chi connectivity index (χ3n) is 2.35. The lowest BCUT2D eigenvalue weighted by molar-refractivity contribution is 0.0528. The summed E-state index contributed by atoms with van der Waals surface area (Å²) in [7, 11) is 0. The molecule has 118 valence electrons. The second-order valence-corrected chi connectivity index (χ2v) is 5.89. The lowest BCUT2D eigenvalue weighted by Crippen LogP contribution is -2.32. The summed E-state index contributed by atoms with van der Waals surface area (Å²) in [6.07, 6.45) is -0.0708. The topological polar surface area (TPSA) is 75.6 Å². The van der Waals surface area contributed by atoms with Crippen molar-refractivity contribution in [2.24, 2.45) is 0 Å². The number of aromatic carboxylic acids is 1. The van der Waals surface area contributed by atoms with Crippen molar-refractivity contribution in [3.8, 4) is 11.8 Å². The molecule has 1 aromatic rings. The molecule has 0 aromatic heterocycles. The first-order valence-electron chi connectivity index (χ1n) is 6.67. The van der Waals surface area contributed by atoms with Crippen LogP contribution in [0.25, 0.3) is 0 Å². The van der Waals surface area contributed by atoms with Crippen LogP contribution in [-0.4, -0.2) is 29.3 Å². The first kappa shape index (κ1) is 17.9. The van der Waals surface area contributed by atoms with Crippen molar-refractivity contribution < 1.29 is 19.4 Å². The molecular weight excluding hydrogens is 306 g/mol. The van der Waals surface area contributed by atoms with E-state index in [1.807, 2.05) is 0 Å². The van der Waals surface area contributed by atoms with E-state index in [1.54, 1.807) is 26.8 Å². The number of nitrogens with one attached hydrogen (secondary N) is 1. The van der Waals surface area contributed by atoms with Crippen molar-refractivity contribution in [2.75, 3.05) is 6.54 Å². The van der Waals surface area contributed by atoms with Gasteiger partial charge in [0.1, 0.15) is 5.60 Å². The summed E-state index contributed by atoms with van der Waals surface area (Å²) in [4.78, 5) is 22.3. The maximum atomic E-state index is 11.4. The Balaban J connectivity index is 2.50. The highest BCUT2D eigenvalue weighted by Gasteiger charge is 2.15. The van der Waals surface area contributed by atoms with Crippen LogP contribution in [0.5, 0.6) is 0 Å². The summed E-state index contributed by atoms with van der Waals surface area (Å²) in [6.45, 7) is 5.70. The molecule has 0 unspecified atom stereocenters. The smallest absolute Gasteiger partial charge is 0.407 e. The zero-order chi connectivity index (χ0) is 16.8. The summed E-state index contributed by atoms with van der Waals surface area (Å²) >= 11 is 5.77. The van der Waals surface area contributed by atoms with Gasteiger partial charge in [-0.1, -0.05) is 23.4 Å². The van der Waals surface area contributed by atoms with Crippen molar-refractivity contribution >= 4 is 23.7 Å². The van der Waals surface area contributed by atoms with Crippen LogP contribution in [0.15, 0.2) is 18.2 Å². The molecule has 0 saturated heterocycles. The molecule has 0 atom stereocenters. The van der Waals surface area contributed by atoms with Crippen LogP contribution in [0.1, 0.15) is 43.1 Å². The number of carbonyl (C=O) groups excluding carboxylic acids is 1. The van der Waals surface area contributed by atoms with E-state index in [9.17, 15) is 9.59 Å². The molecule has 1 aromatic carbocycles. The van der Waals surface area contributed by atoms with Gasteiger partial charge in [-0.25, -0.2) is 9.59 Å². The van der Waals surface area contributed by atoms with Crippen LogP contribution >= 0.6 is 11.6 Å². The van der Waals surface area contributed by atoms with Gasteiger partial charge in [0, 0.05) is 18.5 Å². The fourth-order valence-corrected chi connectivity index (χ4v) is 1.67. The summed E-state index contributed by atoms with van der Waals surface area (Å²) in [6, 6.07) is 4.55. The Bertz CT molecular complexity index is 623. The Morgan fingerprint density at radius 2 is 2.05 bits per heavy atom. The molecule has 2 N–H and O–H groups in total. The maximum Gasteiger partial charge on any atom is 0.407 e. The predicted molar refractivity (Wildman–Crippen MR) is 84.1 cm³/mol. The van der Waals surface area contributed by atoms with E-state index in [4.69, 9.17) is 21.4 Å². The summed E-state index contributed by atoms with van der Waals surface area (Å²) in [5.41, 5.74) is 0.0335. The first-order chi connectivity index (χ1) is 10.2. The van der Waals surface area contributed by atoms with Gasteiger partial charge >= 0.3 is 12.1 Å². The molecular formula is C16H18ClNO4. The van der Waals surface area contributed by atoms with Crippen LogP contribution in [0.3, 0.4) is 0 Å². The molecule has 0 aliphatic carbocycles. The highest BCUT2D eigenvalue weighted by atomic mass is 35.5. The molecule has 1 rings (SSSR count). The summed E-state index contributed by atoms with van der Waals surface area (Å²) in [5.74, 6) is 4.58. The molecule has 6 heteroatoms. The number of hydrogen-bond acceptors (Lipinski definition) is 3. The standard InChI is InChI=1S/C16H18ClNO4/c1-16(2,3)22-15(21)18-9-5-4-6-11-7-8-13(17)12(10-11)14(19)20/h7-8,10H,5,9H2,1-3H3,(H,18,21)(H,19,20). The lowest BCUT2D eigenvalue weighted by Gasteiger charge is -2.19. The number of halogens is 1. The van der Waals surface area contributed by atoms with Crippen molar-refractivity contribution in [2.45, 2.75) is 32.8 Å². The third kappa shape index (κ3) is 6.51. The predicted octanol–water partition coefficient (Wildman–Crippen LogP) is 3.30. The van der Waals surface area contributed by atoms with Gasteiger partial charge in [-0.15, -0.1) is 0 Å². The zero-order valence-corrected chi connectivity index (χ0v) is 13.5. The van der Waals surface area contributed by atoms with Crippen molar-refractivity contribution in [1.82, 2.24) is 5.32 Å². The minimum atomic E-state index is -1.10. The molecule has 0 bridgehead atoms. The van der Waals surface area contributed by atoms with E-state index in [0.717, 1.165) is 0 Å². The Morgan fingerprint density at radius 1 is 1.36 bits per heavy atom. The van der Waals surface area contributed by atoms with E-state index in [2.05, 4.69) is 17.2 Å². The molecule has 0 spiro atoms. The van der Waals surface area contributed by atoms with Crippen molar-refractivity contribution in [3.05, 3.63) is 34.3 Å². The van der Waals surface area contributed by atoms with Gasteiger partial charge in [0.2, 0.25) is 0 Å². The van der Waals surface area contributed by atoms with E-state index in [-0.39, 0.29) is 10.6 Å². The first-order valence-corrected chi connectivity index (χ1v) is 7.05. The summed E-state index contributed by atoms with van der Waals surface area (Å²) < 4.78 is 5.08. The number of ether oxygens (including phenoxy) is 1. The zero-order valence-electron chi connectivity index (χ0n) is 12.7. The molecule has 22 heavy (non-hydrogen) atoms. The molecule has 0 heterocycles. The number of rotatable bonds is 3. The molecule has 0 radical (unpaired) electrons. The number of benzene rings is 1. The average Bonchev–Trinajstić information content (AvgIpc) is 2.37. The van der Waals surface area contributed by atoms with Gasteiger partial charge in [-0.3, -0.25) is 0 Å². The van der Waals surface area contributed by atoms with Gasteiger partial charge in [0.25, 0.3) is 0 Å². The highest BCUT2D eigenvalue weighted by Crippen LogP contribution is 2.17. The quantitative estimate of drug-likeness (QED) is 0.661. The number of carboxylic acid groups (broad SMARTS) is 1. The third-order valence-corrected chi connectivity index (χ3v) is 2.68. The van der Waals surface area contributed by atoms with Crippen LogP contribution in [0.2, 0.25) is 5.02 Å². The molecule has 0 aliphatic heterocycles. The average molecular weight is 324 g/mol. The Labute approximate surface area is 134 Å². The molecule has 0 aliphatic rings. The number of hydrogen-bond donors (Lipinski definition) is 2. The molecule has 1 amide bonds. The number of carboxylic acids is 1. The van der Waals surface area contributed by atoms with Crippen molar-refractivity contribution in [1.29, 1.82) is 0 Å². The van der Waals surface area contributed by atoms with E-state index in [0.29, 0.717) is 18.5 Å². The van der Waals surface area contributed by atoms with Crippen LogP contribution in [0.4, 0.5) is 4.79 Å². The van der Waals surface area contributed by atoms with Crippen LogP contribution in [0, 0.1) is 11.8 Å². The second kappa shape index (κ2) is 7.71. The summed E-state index contributed by atoms with van der Waals surface area (Å²) in [5, 5.41) is 11.7. The minimum absolute atomic E-state index is 0.0142. The minimum Gasteiger partial charge on any atom is -0.478 e. The Hall–Kier alpha value is -2.19. The molecule has 0 saturated carbocycles. The number of amides is 1. The van der Waals surface area contributed by atoms with Crippen LogP contribution < -0.4 is 5.32 Å². The van der Waals surface area contributed by atoms with Gasteiger partial charge in [-0.05, 0) is 39.0 Å². The normalized spacial score (nSPS) is 10.4. The van der Waals surface area contributed by atoms with E-state index >= 15 is 0 Å². The van der Waals surface area contributed by atoms with Gasteiger partial charge in [0.15, 0.2) is 0 Å². The van der Waals surface area contributed by atoms with Gasteiger partial charge < -0.3 is 15.2 Å². The van der Waals surface area contributed by atoms with Gasteiger partial charge in [0.05, 0.1) is 10.6 Å². The fraction of sp³-hybridized carbons (Fsp3) is 0.375. The Morgan fingerprint density at radius 3 is 2.64 bits per heavy atom. The van der Waals surface area contributed by atoms with E-state index < -0.39 is 17.7 Å². The number of carbonyl (C=O) groups is 2. The van der Waals surface area contributed by atoms with Crippen molar-refractivity contribution in [3.63, 3.8) is 0 Å². The monoisotopic (exact) mass is 323 g/mol. The largest absolute Gasteiger partial charge is 0.478 e.